The van der Waals surface area contributed by atoms with Gasteiger partial charge in [0, 0.05) is 32.1 Å². The summed E-state index contributed by atoms with van der Waals surface area (Å²) in [4.78, 5) is 28.0. The molecule has 2 aliphatic heterocycles. The quantitative estimate of drug-likeness (QED) is 0.900. The van der Waals surface area contributed by atoms with Crippen molar-refractivity contribution in [1.82, 2.24) is 10.2 Å². The molecule has 0 saturated carbocycles. The van der Waals surface area contributed by atoms with E-state index in [9.17, 15) is 18.4 Å². The summed E-state index contributed by atoms with van der Waals surface area (Å²) >= 11 is 0. The number of rotatable bonds is 4. The van der Waals surface area contributed by atoms with E-state index in [1.54, 1.807) is 0 Å². The van der Waals surface area contributed by atoms with Crippen molar-refractivity contribution in [3.8, 4) is 0 Å². The first-order chi connectivity index (χ1) is 12.0. The highest BCUT2D eigenvalue weighted by atomic mass is 19.1. The van der Waals surface area contributed by atoms with E-state index in [1.807, 2.05) is 11.9 Å². The van der Waals surface area contributed by atoms with Crippen LogP contribution < -0.4 is 10.2 Å². The zero-order chi connectivity index (χ0) is 18.0. The van der Waals surface area contributed by atoms with E-state index in [-0.39, 0.29) is 30.5 Å². The van der Waals surface area contributed by atoms with Crippen molar-refractivity contribution in [3.05, 3.63) is 29.8 Å². The molecule has 1 aromatic rings. The number of piperidine rings is 1. The maximum Gasteiger partial charge on any atom is 0.228 e. The van der Waals surface area contributed by atoms with Gasteiger partial charge in [0.15, 0.2) is 0 Å². The summed E-state index contributed by atoms with van der Waals surface area (Å²) < 4.78 is 27.0. The molecule has 1 aromatic carbocycles. The lowest BCUT2D eigenvalue weighted by atomic mass is 9.95. The van der Waals surface area contributed by atoms with Crippen LogP contribution in [0.15, 0.2) is 18.2 Å². The number of carbonyl (C=O) groups is 2. The molecule has 0 aromatic heterocycles. The van der Waals surface area contributed by atoms with Crippen LogP contribution >= 0.6 is 0 Å². The third kappa shape index (κ3) is 3.81. The average Bonchev–Trinajstić information content (AvgIpc) is 2.97. The van der Waals surface area contributed by atoms with Crippen LogP contribution in [-0.2, 0) is 9.59 Å². The maximum absolute atomic E-state index is 13.9. The smallest absolute Gasteiger partial charge is 0.228 e. The highest BCUT2D eigenvalue weighted by Gasteiger charge is 2.38. The van der Waals surface area contributed by atoms with Crippen LogP contribution in [0.3, 0.4) is 0 Å². The first-order valence-electron chi connectivity index (χ1n) is 8.68. The number of amides is 2. The van der Waals surface area contributed by atoms with Crippen LogP contribution in [0.1, 0.15) is 19.3 Å². The second-order valence-electron chi connectivity index (χ2n) is 6.83. The number of carbonyl (C=O) groups excluding carboxylic acids is 2. The van der Waals surface area contributed by atoms with Crippen molar-refractivity contribution in [2.75, 3.05) is 38.1 Å². The number of nitrogens with one attached hydrogen (secondary N) is 1. The van der Waals surface area contributed by atoms with Gasteiger partial charge in [-0.2, -0.15) is 0 Å². The number of benzene rings is 1. The Morgan fingerprint density at radius 2 is 2.00 bits per heavy atom. The van der Waals surface area contributed by atoms with E-state index in [0.29, 0.717) is 19.0 Å². The summed E-state index contributed by atoms with van der Waals surface area (Å²) in [5, 5.41) is 3.16. The summed E-state index contributed by atoms with van der Waals surface area (Å²) in [5.41, 5.74) is 0.0365. The van der Waals surface area contributed by atoms with Gasteiger partial charge < -0.3 is 15.1 Å². The Kier molecular flexibility index (Phi) is 5.32. The van der Waals surface area contributed by atoms with Crippen LogP contribution in [-0.4, -0.2) is 49.9 Å². The highest BCUT2D eigenvalue weighted by molar-refractivity contribution is 6.00. The van der Waals surface area contributed by atoms with Crippen LogP contribution in [0.2, 0.25) is 0 Å². The van der Waals surface area contributed by atoms with Crippen LogP contribution in [0.5, 0.6) is 0 Å². The summed E-state index contributed by atoms with van der Waals surface area (Å²) in [6, 6.07) is 3.12. The zero-order valence-electron chi connectivity index (χ0n) is 14.3. The van der Waals surface area contributed by atoms with Gasteiger partial charge in [-0.25, -0.2) is 8.78 Å². The molecule has 25 heavy (non-hydrogen) atoms. The minimum atomic E-state index is -0.783. The van der Waals surface area contributed by atoms with E-state index in [0.717, 1.165) is 31.5 Å². The fourth-order valence-electron chi connectivity index (χ4n) is 3.71. The van der Waals surface area contributed by atoms with Crippen molar-refractivity contribution in [2.45, 2.75) is 19.3 Å². The molecule has 2 saturated heterocycles. The van der Waals surface area contributed by atoms with Gasteiger partial charge in [0.25, 0.3) is 0 Å². The molecule has 0 radical (unpaired) electrons. The summed E-state index contributed by atoms with van der Waals surface area (Å²) in [5.74, 6) is -1.70. The van der Waals surface area contributed by atoms with E-state index < -0.39 is 17.6 Å². The molecule has 0 bridgehead atoms. The van der Waals surface area contributed by atoms with Gasteiger partial charge in [0.05, 0.1) is 11.6 Å². The monoisotopic (exact) mass is 351 g/mol. The van der Waals surface area contributed by atoms with Crippen molar-refractivity contribution in [2.24, 2.45) is 11.8 Å². The molecule has 0 spiro atoms. The Morgan fingerprint density at radius 1 is 1.28 bits per heavy atom. The number of halogens is 2. The highest BCUT2D eigenvalue weighted by Crippen LogP contribution is 2.29. The molecule has 2 aliphatic rings. The fourth-order valence-corrected chi connectivity index (χ4v) is 3.71. The third-order valence-electron chi connectivity index (χ3n) is 5.09. The molecule has 2 heterocycles. The van der Waals surface area contributed by atoms with E-state index >= 15 is 0 Å². The van der Waals surface area contributed by atoms with Gasteiger partial charge in [-0.15, -0.1) is 0 Å². The fraction of sp³-hybridized carbons (Fsp3) is 0.556. The molecule has 1 atom stereocenters. The predicted molar refractivity (Wildman–Crippen MR) is 90.0 cm³/mol. The third-order valence-corrected chi connectivity index (χ3v) is 5.09. The molecule has 1 unspecified atom stereocenters. The molecular formula is C18H23F2N3O2. The summed E-state index contributed by atoms with van der Waals surface area (Å²) in [6.45, 7) is 2.49. The van der Waals surface area contributed by atoms with Gasteiger partial charge in [-0.1, -0.05) is 0 Å². The SMILES string of the molecule is CNCC1CCN(C(=O)C2CC(=O)N(c3ccc(F)cc3F)C2)CC1. The molecule has 136 valence electrons. The lowest BCUT2D eigenvalue weighted by Crippen LogP contribution is -2.43. The minimum Gasteiger partial charge on any atom is -0.342 e. The van der Waals surface area contributed by atoms with Crippen LogP contribution in [0.25, 0.3) is 0 Å². The maximum atomic E-state index is 13.9. The lowest BCUT2D eigenvalue weighted by Gasteiger charge is -2.33. The summed E-state index contributed by atoms with van der Waals surface area (Å²) in [7, 11) is 1.92. The molecule has 1 N–H and O–H groups in total. The van der Waals surface area contributed by atoms with E-state index in [1.165, 1.54) is 11.0 Å². The Balaban J connectivity index is 1.63. The molecule has 2 amide bonds. The second kappa shape index (κ2) is 7.47. The molecule has 0 aliphatic carbocycles. The standard InChI is InChI=1S/C18H23F2N3O2/c1-21-10-12-4-6-22(7-5-12)18(25)13-8-17(24)23(11-13)16-3-2-14(19)9-15(16)20/h2-3,9,12-13,21H,4-8,10-11H2,1H3. The number of nitrogens with zero attached hydrogens (tertiary/aromatic N) is 2. The number of hydrogen-bond donors (Lipinski definition) is 1. The molecule has 3 rings (SSSR count). The lowest BCUT2D eigenvalue weighted by molar-refractivity contribution is -0.137. The topological polar surface area (TPSA) is 52.7 Å². The Bertz CT molecular complexity index is 660. The summed E-state index contributed by atoms with van der Waals surface area (Å²) in [6.07, 6.45) is 1.97. The minimum absolute atomic E-state index is 0.0365. The Hall–Kier alpha value is -2.02. The van der Waals surface area contributed by atoms with Crippen molar-refractivity contribution < 1.29 is 18.4 Å². The second-order valence-corrected chi connectivity index (χ2v) is 6.83. The first-order valence-corrected chi connectivity index (χ1v) is 8.68. The van der Waals surface area contributed by atoms with Gasteiger partial charge in [0.1, 0.15) is 11.6 Å². The van der Waals surface area contributed by atoms with Gasteiger partial charge in [-0.05, 0) is 44.5 Å². The Morgan fingerprint density at radius 3 is 2.64 bits per heavy atom. The average molecular weight is 351 g/mol. The number of likely N-dealkylation sites (tertiary alicyclic amines) is 1. The molecule has 2 fully saturated rings. The van der Waals surface area contributed by atoms with Gasteiger partial charge >= 0.3 is 0 Å². The zero-order valence-corrected chi connectivity index (χ0v) is 14.3. The van der Waals surface area contributed by atoms with Crippen molar-refractivity contribution >= 4 is 17.5 Å². The normalized spacial score (nSPS) is 21.9. The molecule has 5 nitrogen and oxygen atoms in total. The number of anilines is 1. The van der Waals surface area contributed by atoms with Gasteiger partial charge in [0.2, 0.25) is 11.8 Å². The predicted octanol–water partition coefficient (Wildman–Crippen LogP) is 1.78. The van der Waals surface area contributed by atoms with Gasteiger partial charge in [-0.3, -0.25) is 9.59 Å². The largest absolute Gasteiger partial charge is 0.342 e. The van der Waals surface area contributed by atoms with Crippen LogP contribution in [0.4, 0.5) is 14.5 Å². The van der Waals surface area contributed by atoms with Crippen LogP contribution in [0, 0.1) is 23.5 Å². The number of hydrogen-bond acceptors (Lipinski definition) is 3. The molecular weight excluding hydrogens is 328 g/mol. The van der Waals surface area contributed by atoms with E-state index in [2.05, 4.69) is 5.32 Å². The van der Waals surface area contributed by atoms with E-state index in [4.69, 9.17) is 0 Å². The first kappa shape index (κ1) is 17.8. The molecule has 7 heteroatoms. The Labute approximate surface area is 146 Å². The van der Waals surface area contributed by atoms with Crippen molar-refractivity contribution in [1.29, 1.82) is 0 Å². The van der Waals surface area contributed by atoms with Crippen molar-refractivity contribution in [3.63, 3.8) is 0 Å².